The molecule has 0 spiro atoms. The Hall–Kier alpha value is -3.13. The molecular weight excluding hydrogens is 346 g/mol. The molecule has 1 aliphatic rings. The SMILES string of the molecule is COc1ccc(-c2cc(CNC(=O)c3cc4n(n3)CC(C)NC4)on2)cc1. The summed E-state index contributed by atoms with van der Waals surface area (Å²) >= 11 is 0. The van der Waals surface area contributed by atoms with E-state index < -0.39 is 0 Å². The van der Waals surface area contributed by atoms with Gasteiger partial charge in [-0.05, 0) is 37.3 Å². The van der Waals surface area contributed by atoms with Gasteiger partial charge in [-0.25, -0.2) is 0 Å². The van der Waals surface area contributed by atoms with E-state index in [2.05, 4.69) is 27.8 Å². The highest BCUT2D eigenvalue weighted by Gasteiger charge is 2.19. The summed E-state index contributed by atoms with van der Waals surface area (Å²) in [6, 6.07) is 11.5. The zero-order valence-electron chi connectivity index (χ0n) is 15.2. The second-order valence-electron chi connectivity index (χ2n) is 6.57. The van der Waals surface area contributed by atoms with E-state index in [1.54, 1.807) is 7.11 Å². The van der Waals surface area contributed by atoms with Crippen molar-refractivity contribution in [1.29, 1.82) is 0 Å². The van der Waals surface area contributed by atoms with Gasteiger partial charge in [0.25, 0.3) is 5.91 Å². The van der Waals surface area contributed by atoms with Crippen LogP contribution in [0.1, 0.15) is 28.9 Å². The van der Waals surface area contributed by atoms with Crippen molar-refractivity contribution in [3.05, 3.63) is 53.5 Å². The highest BCUT2D eigenvalue weighted by atomic mass is 16.5. The van der Waals surface area contributed by atoms with Crippen molar-refractivity contribution < 1.29 is 14.1 Å². The maximum absolute atomic E-state index is 12.4. The molecule has 0 saturated heterocycles. The van der Waals surface area contributed by atoms with Gasteiger partial charge in [-0.15, -0.1) is 0 Å². The van der Waals surface area contributed by atoms with Gasteiger partial charge in [-0.1, -0.05) is 5.16 Å². The van der Waals surface area contributed by atoms with Crippen LogP contribution in [0, 0.1) is 0 Å². The van der Waals surface area contributed by atoms with Crippen LogP contribution >= 0.6 is 0 Å². The summed E-state index contributed by atoms with van der Waals surface area (Å²) in [6.45, 7) is 3.82. The number of rotatable bonds is 5. The van der Waals surface area contributed by atoms with Crippen molar-refractivity contribution in [2.45, 2.75) is 32.6 Å². The van der Waals surface area contributed by atoms with E-state index in [-0.39, 0.29) is 12.5 Å². The molecule has 1 unspecified atom stereocenters. The number of hydrogen-bond acceptors (Lipinski definition) is 6. The summed E-state index contributed by atoms with van der Waals surface area (Å²) in [4.78, 5) is 12.4. The minimum atomic E-state index is -0.230. The molecule has 2 N–H and O–H groups in total. The molecule has 1 atom stereocenters. The van der Waals surface area contributed by atoms with E-state index in [1.807, 2.05) is 41.1 Å². The lowest BCUT2D eigenvalue weighted by atomic mass is 10.1. The standard InChI is InChI=1S/C19H21N5O3/c1-12-11-24-14(9-20-12)7-18(22-24)19(25)21-10-16-8-17(23-27-16)13-3-5-15(26-2)6-4-13/h3-8,12,20H,9-11H2,1-2H3,(H,21,25). The molecule has 1 amide bonds. The first-order valence-electron chi connectivity index (χ1n) is 8.80. The van der Waals surface area contributed by atoms with Gasteiger partial charge in [0.05, 0.1) is 25.9 Å². The van der Waals surface area contributed by atoms with Crippen molar-refractivity contribution in [3.63, 3.8) is 0 Å². The fraction of sp³-hybridized carbons (Fsp3) is 0.316. The third kappa shape index (κ3) is 3.70. The van der Waals surface area contributed by atoms with Crippen molar-refractivity contribution in [1.82, 2.24) is 25.6 Å². The summed E-state index contributed by atoms with van der Waals surface area (Å²) < 4.78 is 12.4. The molecule has 8 heteroatoms. The number of carbonyl (C=O) groups excluding carboxylic acids is 1. The van der Waals surface area contributed by atoms with Crippen molar-refractivity contribution in [2.24, 2.45) is 0 Å². The lowest BCUT2D eigenvalue weighted by Crippen LogP contribution is -2.36. The van der Waals surface area contributed by atoms with Crippen LogP contribution < -0.4 is 15.4 Å². The predicted molar refractivity (Wildman–Crippen MR) is 98.2 cm³/mol. The maximum Gasteiger partial charge on any atom is 0.272 e. The third-order valence-electron chi connectivity index (χ3n) is 4.54. The van der Waals surface area contributed by atoms with Crippen molar-refractivity contribution in [2.75, 3.05) is 7.11 Å². The molecular formula is C19H21N5O3. The lowest BCUT2D eigenvalue weighted by Gasteiger charge is -2.21. The Bertz CT molecular complexity index is 945. The fourth-order valence-corrected chi connectivity index (χ4v) is 3.02. The number of nitrogens with one attached hydrogen (secondary N) is 2. The third-order valence-corrected chi connectivity index (χ3v) is 4.54. The van der Waals surface area contributed by atoms with Gasteiger partial charge in [-0.2, -0.15) is 5.10 Å². The van der Waals surface area contributed by atoms with Crippen LogP contribution in [0.4, 0.5) is 0 Å². The largest absolute Gasteiger partial charge is 0.497 e. The Morgan fingerprint density at radius 2 is 2.19 bits per heavy atom. The number of hydrogen-bond donors (Lipinski definition) is 2. The Morgan fingerprint density at radius 1 is 1.37 bits per heavy atom. The number of amides is 1. The Morgan fingerprint density at radius 3 is 2.96 bits per heavy atom. The normalized spacial score (nSPS) is 16.0. The summed E-state index contributed by atoms with van der Waals surface area (Å²) in [7, 11) is 1.62. The molecule has 0 bridgehead atoms. The predicted octanol–water partition coefficient (Wildman–Crippen LogP) is 1.97. The van der Waals surface area contributed by atoms with E-state index in [0.717, 1.165) is 30.1 Å². The molecule has 27 heavy (non-hydrogen) atoms. The minimum absolute atomic E-state index is 0.230. The van der Waals surface area contributed by atoms with Crippen LogP contribution in [0.15, 0.2) is 40.9 Å². The van der Waals surface area contributed by atoms with Gasteiger partial charge < -0.3 is 19.9 Å². The molecule has 8 nitrogen and oxygen atoms in total. The number of nitrogens with zero attached hydrogens (tertiary/aromatic N) is 3. The summed E-state index contributed by atoms with van der Waals surface area (Å²) in [5, 5.41) is 14.6. The molecule has 2 aromatic heterocycles. The molecule has 140 valence electrons. The lowest BCUT2D eigenvalue weighted by molar-refractivity contribution is 0.0941. The highest BCUT2D eigenvalue weighted by molar-refractivity contribution is 5.92. The van der Waals surface area contributed by atoms with Crippen LogP contribution in [0.5, 0.6) is 5.75 Å². The summed E-state index contributed by atoms with van der Waals surface area (Å²) in [6.07, 6.45) is 0. The van der Waals surface area contributed by atoms with Gasteiger partial charge in [0.15, 0.2) is 11.5 Å². The topological polar surface area (TPSA) is 94.2 Å². The second-order valence-corrected chi connectivity index (χ2v) is 6.57. The number of benzene rings is 1. The summed E-state index contributed by atoms with van der Waals surface area (Å²) in [5.41, 5.74) is 3.05. The van der Waals surface area contributed by atoms with Crippen molar-refractivity contribution >= 4 is 5.91 Å². The van der Waals surface area contributed by atoms with E-state index in [9.17, 15) is 4.79 Å². The average molecular weight is 367 g/mol. The van der Waals surface area contributed by atoms with E-state index in [0.29, 0.717) is 23.2 Å². The van der Waals surface area contributed by atoms with Crippen molar-refractivity contribution in [3.8, 4) is 17.0 Å². The number of ether oxygens (including phenoxy) is 1. The Balaban J connectivity index is 1.39. The molecule has 1 aliphatic heterocycles. The first-order valence-corrected chi connectivity index (χ1v) is 8.80. The number of carbonyl (C=O) groups is 1. The van der Waals surface area contributed by atoms with E-state index >= 15 is 0 Å². The number of aromatic nitrogens is 3. The van der Waals surface area contributed by atoms with Crippen LogP contribution in [-0.2, 0) is 19.6 Å². The molecule has 4 rings (SSSR count). The molecule has 0 aliphatic carbocycles. The first-order chi connectivity index (χ1) is 13.1. The van der Waals surface area contributed by atoms with E-state index in [4.69, 9.17) is 9.26 Å². The second kappa shape index (κ2) is 7.24. The van der Waals surface area contributed by atoms with Crippen LogP contribution in [0.25, 0.3) is 11.3 Å². The Labute approximate surface area is 156 Å². The molecule has 3 aromatic rings. The van der Waals surface area contributed by atoms with Gasteiger partial charge in [-0.3, -0.25) is 9.48 Å². The quantitative estimate of drug-likeness (QED) is 0.716. The zero-order valence-corrected chi connectivity index (χ0v) is 15.2. The van der Waals surface area contributed by atoms with E-state index in [1.165, 1.54) is 0 Å². The van der Waals surface area contributed by atoms with Gasteiger partial charge in [0.2, 0.25) is 0 Å². The Kier molecular flexibility index (Phi) is 4.64. The van der Waals surface area contributed by atoms with Crippen LogP contribution in [0.3, 0.4) is 0 Å². The molecule has 0 radical (unpaired) electrons. The monoisotopic (exact) mass is 367 g/mol. The first kappa shape index (κ1) is 17.3. The zero-order chi connectivity index (χ0) is 18.8. The molecule has 0 saturated carbocycles. The number of fused-ring (bicyclic) bond motifs is 1. The van der Waals surface area contributed by atoms with Crippen LogP contribution in [-0.4, -0.2) is 34.0 Å². The van der Waals surface area contributed by atoms with Gasteiger partial charge >= 0.3 is 0 Å². The molecule has 3 heterocycles. The minimum Gasteiger partial charge on any atom is -0.497 e. The van der Waals surface area contributed by atoms with Crippen LogP contribution in [0.2, 0.25) is 0 Å². The highest BCUT2D eigenvalue weighted by Crippen LogP contribution is 2.22. The van der Waals surface area contributed by atoms with Gasteiger partial charge in [0.1, 0.15) is 11.4 Å². The smallest absolute Gasteiger partial charge is 0.272 e. The summed E-state index contributed by atoms with van der Waals surface area (Å²) in [5.74, 6) is 1.13. The number of methoxy groups -OCH3 is 1. The van der Waals surface area contributed by atoms with Gasteiger partial charge in [0, 0.05) is 24.2 Å². The fourth-order valence-electron chi connectivity index (χ4n) is 3.02. The average Bonchev–Trinajstić information content (AvgIpc) is 3.33. The maximum atomic E-state index is 12.4. The molecule has 1 aromatic carbocycles. The molecule has 0 fully saturated rings.